The SMILES string of the molecule is CC(CO)CCCNC(=O)Cc1ccc(F)cc1F. The quantitative estimate of drug-likeness (QED) is 0.746. The monoisotopic (exact) mass is 271 g/mol. The van der Waals surface area contributed by atoms with E-state index in [0.717, 1.165) is 25.0 Å². The van der Waals surface area contributed by atoms with Crippen molar-refractivity contribution in [3.8, 4) is 0 Å². The highest BCUT2D eigenvalue weighted by atomic mass is 19.1. The third-order valence-corrected chi connectivity index (χ3v) is 2.87. The van der Waals surface area contributed by atoms with Crippen molar-refractivity contribution in [3.63, 3.8) is 0 Å². The predicted molar refractivity (Wildman–Crippen MR) is 68.6 cm³/mol. The molecule has 0 saturated heterocycles. The largest absolute Gasteiger partial charge is 0.396 e. The summed E-state index contributed by atoms with van der Waals surface area (Å²) in [6, 6.07) is 3.18. The van der Waals surface area contributed by atoms with Crippen LogP contribution in [0.4, 0.5) is 8.78 Å². The maximum absolute atomic E-state index is 13.3. The molecule has 0 aliphatic heterocycles. The molecule has 0 saturated carbocycles. The fourth-order valence-corrected chi connectivity index (χ4v) is 1.67. The minimum atomic E-state index is -0.705. The van der Waals surface area contributed by atoms with Gasteiger partial charge in [0.25, 0.3) is 0 Å². The van der Waals surface area contributed by atoms with Gasteiger partial charge in [0.15, 0.2) is 0 Å². The minimum Gasteiger partial charge on any atom is -0.396 e. The summed E-state index contributed by atoms with van der Waals surface area (Å²) in [6.45, 7) is 2.55. The molecule has 1 atom stereocenters. The Kier molecular flexibility index (Phi) is 6.42. The van der Waals surface area contributed by atoms with Crippen LogP contribution in [0.1, 0.15) is 25.3 Å². The third-order valence-electron chi connectivity index (χ3n) is 2.87. The Labute approximate surface area is 111 Å². The first-order valence-electron chi connectivity index (χ1n) is 6.34. The van der Waals surface area contributed by atoms with Crippen molar-refractivity contribution in [1.29, 1.82) is 0 Å². The van der Waals surface area contributed by atoms with Gasteiger partial charge < -0.3 is 10.4 Å². The average Bonchev–Trinajstić information content (AvgIpc) is 2.37. The summed E-state index contributed by atoms with van der Waals surface area (Å²) in [5, 5.41) is 11.5. The normalized spacial score (nSPS) is 12.2. The standard InChI is InChI=1S/C14H19F2NO2/c1-10(9-18)3-2-6-17-14(19)7-11-4-5-12(15)8-13(11)16/h4-5,8,10,18H,2-3,6-7,9H2,1H3,(H,17,19). The lowest BCUT2D eigenvalue weighted by Gasteiger charge is -2.09. The van der Waals surface area contributed by atoms with Gasteiger partial charge >= 0.3 is 0 Å². The second kappa shape index (κ2) is 7.84. The summed E-state index contributed by atoms with van der Waals surface area (Å²) in [7, 11) is 0. The van der Waals surface area contributed by atoms with Crippen molar-refractivity contribution >= 4 is 5.91 Å². The molecule has 0 fully saturated rings. The smallest absolute Gasteiger partial charge is 0.224 e. The number of rotatable bonds is 7. The lowest BCUT2D eigenvalue weighted by atomic mass is 10.1. The zero-order chi connectivity index (χ0) is 14.3. The maximum Gasteiger partial charge on any atom is 0.224 e. The molecule has 3 nitrogen and oxygen atoms in total. The van der Waals surface area contributed by atoms with Gasteiger partial charge in [0.05, 0.1) is 6.42 Å². The second-order valence-electron chi connectivity index (χ2n) is 4.69. The maximum atomic E-state index is 13.3. The van der Waals surface area contributed by atoms with Crippen molar-refractivity contribution in [3.05, 3.63) is 35.4 Å². The molecule has 0 heterocycles. The number of halogens is 2. The zero-order valence-electron chi connectivity index (χ0n) is 11.0. The number of carbonyl (C=O) groups is 1. The molecule has 0 aliphatic rings. The Morgan fingerprint density at radius 2 is 2.16 bits per heavy atom. The average molecular weight is 271 g/mol. The number of benzene rings is 1. The fraction of sp³-hybridized carbons (Fsp3) is 0.500. The van der Waals surface area contributed by atoms with Crippen LogP contribution in [0.15, 0.2) is 18.2 Å². The van der Waals surface area contributed by atoms with Gasteiger partial charge in [-0.3, -0.25) is 4.79 Å². The van der Waals surface area contributed by atoms with Crippen LogP contribution in [0.3, 0.4) is 0 Å². The molecule has 0 aliphatic carbocycles. The molecule has 0 radical (unpaired) electrons. The highest BCUT2D eigenvalue weighted by Crippen LogP contribution is 2.10. The van der Waals surface area contributed by atoms with E-state index in [-0.39, 0.29) is 30.4 Å². The first-order valence-corrected chi connectivity index (χ1v) is 6.34. The Morgan fingerprint density at radius 1 is 1.42 bits per heavy atom. The van der Waals surface area contributed by atoms with Gasteiger partial charge in [-0.15, -0.1) is 0 Å². The molecule has 1 amide bonds. The van der Waals surface area contributed by atoms with Crippen molar-refractivity contribution in [2.45, 2.75) is 26.2 Å². The number of hydrogen-bond donors (Lipinski definition) is 2. The van der Waals surface area contributed by atoms with Crippen LogP contribution >= 0.6 is 0 Å². The summed E-state index contributed by atoms with van der Waals surface area (Å²) in [6.07, 6.45) is 1.49. The van der Waals surface area contributed by atoms with E-state index in [1.807, 2.05) is 6.92 Å². The molecule has 1 unspecified atom stereocenters. The van der Waals surface area contributed by atoms with Crippen LogP contribution < -0.4 is 5.32 Å². The van der Waals surface area contributed by atoms with Gasteiger partial charge in [-0.05, 0) is 30.4 Å². The Bertz CT molecular complexity index is 424. The van der Waals surface area contributed by atoms with E-state index in [1.54, 1.807) is 0 Å². The van der Waals surface area contributed by atoms with Gasteiger partial charge in [-0.25, -0.2) is 8.78 Å². The Morgan fingerprint density at radius 3 is 2.79 bits per heavy atom. The van der Waals surface area contributed by atoms with E-state index >= 15 is 0 Å². The van der Waals surface area contributed by atoms with E-state index in [9.17, 15) is 13.6 Å². The molecule has 1 rings (SSSR count). The van der Waals surface area contributed by atoms with E-state index in [2.05, 4.69) is 5.32 Å². The number of nitrogens with one attached hydrogen (secondary N) is 1. The Hall–Kier alpha value is -1.49. The molecule has 19 heavy (non-hydrogen) atoms. The minimum absolute atomic E-state index is 0.0956. The van der Waals surface area contributed by atoms with Gasteiger partial charge in [-0.1, -0.05) is 13.0 Å². The number of carbonyl (C=O) groups excluding carboxylic acids is 1. The summed E-state index contributed by atoms with van der Waals surface area (Å²) in [5.41, 5.74) is 0.183. The number of aliphatic hydroxyl groups is 1. The molecule has 5 heteroatoms. The van der Waals surface area contributed by atoms with E-state index in [4.69, 9.17) is 5.11 Å². The first kappa shape index (κ1) is 15.6. The van der Waals surface area contributed by atoms with Gasteiger partial charge in [0.1, 0.15) is 11.6 Å². The summed E-state index contributed by atoms with van der Waals surface area (Å²) in [4.78, 5) is 11.5. The fourth-order valence-electron chi connectivity index (χ4n) is 1.67. The molecule has 106 valence electrons. The lowest BCUT2D eigenvalue weighted by molar-refractivity contribution is -0.120. The zero-order valence-corrected chi connectivity index (χ0v) is 11.0. The highest BCUT2D eigenvalue weighted by Gasteiger charge is 2.09. The van der Waals surface area contributed by atoms with E-state index in [1.165, 1.54) is 6.07 Å². The van der Waals surface area contributed by atoms with Crippen LogP contribution in [-0.4, -0.2) is 24.2 Å². The van der Waals surface area contributed by atoms with Crippen molar-refractivity contribution < 1.29 is 18.7 Å². The van der Waals surface area contributed by atoms with Crippen molar-refractivity contribution in [2.24, 2.45) is 5.92 Å². The molecular formula is C14H19F2NO2. The molecule has 0 spiro atoms. The van der Waals surface area contributed by atoms with Crippen molar-refractivity contribution in [2.75, 3.05) is 13.2 Å². The van der Waals surface area contributed by atoms with Gasteiger partial charge in [0.2, 0.25) is 5.91 Å². The topological polar surface area (TPSA) is 49.3 Å². The highest BCUT2D eigenvalue weighted by molar-refractivity contribution is 5.78. The summed E-state index contributed by atoms with van der Waals surface area (Å²) < 4.78 is 26.0. The van der Waals surface area contributed by atoms with E-state index < -0.39 is 11.6 Å². The van der Waals surface area contributed by atoms with Crippen LogP contribution in [0, 0.1) is 17.6 Å². The lowest BCUT2D eigenvalue weighted by Crippen LogP contribution is -2.26. The summed E-state index contributed by atoms with van der Waals surface area (Å²) >= 11 is 0. The van der Waals surface area contributed by atoms with Crippen LogP contribution in [0.5, 0.6) is 0 Å². The number of hydrogen-bond acceptors (Lipinski definition) is 2. The van der Waals surface area contributed by atoms with Crippen LogP contribution in [0.25, 0.3) is 0 Å². The molecule has 2 N–H and O–H groups in total. The van der Waals surface area contributed by atoms with Gasteiger partial charge in [-0.2, -0.15) is 0 Å². The molecule has 0 aromatic heterocycles. The predicted octanol–water partition coefficient (Wildman–Crippen LogP) is 2.03. The number of amides is 1. The third kappa shape index (κ3) is 5.79. The van der Waals surface area contributed by atoms with Gasteiger partial charge in [0, 0.05) is 19.2 Å². The van der Waals surface area contributed by atoms with Crippen LogP contribution in [-0.2, 0) is 11.2 Å². The molecule has 1 aromatic carbocycles. The number of aliphatic hydroxyl groups excluding tert-OH is 1. The molecule has 1 aromatic rings. The Balaban J connectivity index is 2.31. The van der Waals surface area contributed by atoms with Crippen LogP contribution in [0.2, 0.25) is 0 Å². The van der Waals surface area contributed by atoms with Crippen molar-refractivity contribution in [1.82, 2.24) is 5.32 Å². The molecular weight excluding hydrogens is 252 g/mol. The first-order chi connectivity index (χ1) is 9.02. The second-order valence-corrected chi connectivity index (χ2v) is 4.69. The van der Waals surface area contributed by atoms with E-state index in [0.29, 0.717) is 6.54 Å². The summed E-state index contributed by atoms with van der Waals surface area (Å²) in [5.74, 6) is -1.43. The molecule has 0 bridgehead atoms.